The summed E-state index contributed by atoms with van der Waals surface area (Å²) in [5, 5.41) is 18.2. The van der Waals surface area contributed by atoms with Gasteiger partial charge in [0, 0.05) is 46.7 Å². The fraction of sp³-hybridized carbons (Fsp3) is 0.286. The molecule has 0 aliphatic carbocycles. The molecule has 2 aromatic carbocycles. The van der Waals surface area contributed by atoms with E-state index in [1.54, 1.807) is 12.3 Å². The summed E-state index contributed by atoms with van der Waals surface area (Å²) in [7, 11) is 0. The molecule has 3 aromatic rings. The highest BCUT2D eigenvalue weighted by molar-refractivity contribution is 5.93. The zero-order chi connectivity index (χ0) is 18.0. The maximum atomic E-state index is 10.3. The first kappa shape index (κ1) is 17.2. The molecule has 0 saturated carbocycles. The highest BCUT2D eigenvalue weighted by atomic mass is 16.3. The lowest BCUT2D eigenvalue weighted by molar-refractivity contribution is 0.412. The van der Waals surface area contributed by atoms with Gasteiger partial charge in [0.1, 0.15) is 5.75 Å². The summed E-state index contributed by atoms with van der Waals surface area (Å²) in [6.07, 6.45) is 1.80. The van der Waals surface area contributed by atoms with Gasteiger partial charge in [-0.25, -0.2) is 0 Å². The Hall–Kier alpha value is -2.59. The average molecular weight is 335 g/mol. The maximum absolute atomic E-state index is 10.3. The summed E-state index contributed by atoms with van der Waals surface area (Å²) < 4.78 is 0. The van der Waals surface area contributed by atoms with Gasteiger partial charge in [0.05, 0.1) is 5.52 Å². The molecule has 0 radical (unpaired) electrons. The minimum Gasteiger partial charge on any atom is -0.508 e. The number of pyridine rings is 1. The molecule has 0 saturated heterocycles. The molecule has 0 fully saturated rings. The number of anilines is 2. The molecule has 0 spiro atoms. The first-order valence-electron chi connectivity index (χ1n) is 8.51. The van der Waals surface area contributed by atoms with Crippen LogP contribution in [-0.2, 0) is 6.54 Å². The van der Waals surface area contributed by atoms with Crippen LogP contribution in [0.4, 0.5) is 11.4 Å². The molecule has 0 unspecified atom stereocenters. The second-order valence-corrected chi connectivity index (χ2v) is 7.45. The predicted molar refractivity (Wildman–Crippen MR) is 104 cm³/mol. The van der Waals surface area contributed by atoms with E-state index in [1.165, 1.54) is 5.56 Å². The van der Waals surface area contributed by atoms with Gasteiger partial charge in [0.2, 0.25) is 0 Å². The van der Waals surface area contributed by atoms with E-state index < -0.39 is 0 Å². The smallest absolute Gasteiger partial charge is 0.122 e. The second-order valence-electron chi connectivity index (χ2n) is 7.45. The van der Waals surface area contributed by atoms with Crippen molar-refractivity contribution in [1.29, 1.82) is 0 Å². The van der Waals surface area contributed by atoms with Crippen LogP contribution in [-0.4, -0.2) is 15.6 Å². The van der Waals surface area contributed by atoms with Crippen molar-refractivity contribution in [3.05, 3.63) is 59.8 Å². The van der Waals surface area contributed by atoms with Gasteiger partial charge in [-0.3, -0.25) is 4.98 Å². The van der Waals surface area contributed by atoms with E-state index in [1.807, 2.05) is 18.2 Å². The van der Waals surface area contributed by atoms with Gasteiger partial charge in [0.25, 0.3) is 0 Å². The van der Waals surface area contributed by atoms with E-state index in [4.69, 9.17) is 0 Å². The van der Waals surface area contributed by atoms with Crippen LogP contribution in [0.15, 0.2) is 48.7 Å². The van der Waals surface area contributed by atoms with Crippen LogP contribution in [0.1, 0.15) is 31.9 Å². The van der Waals surface area contributed by atoms with E-state index in [0.717, 1.165) is 27.8 Å². The Bertz CT molecular complexity index is 897. The van der Waals surface area contributed by atoms with Crippen molar-refractivity contribution in [2.75, 3.05) is 5.32 Å². The van der Waals surface area contributed by atoms with Gasteiger partial charge in [-0.05, 0) is 51.5 Å². The minimum atomic E-state index is 0.0114. The standard InChI is InChI=1S/C21H25N3O/c1-14-5-8-17-18(9-10-22-19(17)11-14)24-16-7-6-15(20(25)12-16)13-23-21(2,3)4/h5-12,23,25H,13H2,1-4H3,(H,22,24). The molecule has 0 bridgehead atoms. The highest BCUT2D eigenvalue weighted by Gasteiger charge is 2.11. The van der Waals surface area contributed by atoms with Gasteiger partial charge < -0.3 is 15.7 Å². The van der Waals surface area contributed by atoms with Gasteiger partial charge >= 0.3 is 0 Å². The third-order valence-corrected chi connectivity index (χ3v) is 4.07. The first-order chi connectivity index (χ1) is 11.8. The molecule has 0 aliphatic rings. The highest BCUT2D eigenvalue weighted by Crippen LogP contribution is 2.29. The molecule has 130 valence electrons. The maximum Gasteiger partial charge on any atom is 0.122 e. The predicted octanol–water partition coefficient (Wildman–Crippen LogP) is 4.88. The lowest BCUT2D eigenvalue weighted by Crippen LogP contribution is -2.35. The molecule has 0 amide bonds. The summed E-state index contributed by atoms with van der Waals surface area (Å²) in [4.78, 5) is 4.43. The van der Waals surface area contributed by atoms with Crippen molar-refractivity contribution in [2.24, 2.45) is 0 Å². The molecule has 1 aromatic heterocycles. The van der Waals surface area contributed by atoms with Crippen LogP contribution < -0.4 is 10.6 Å². The molecule has 3 rings (SSSR count). The van der Waals surface area contributed by atoms with Crippen LogP contribution >= 0.6 is 0 Å². The fourth-order valence-electron chi connectivity index (χ4n) is 2.67. The molecule has 0 aliphatic heterocycles. The third kappa shape index (κ3) is 4.28. The Morgan fingerprint density at radius 2 is 1.84 bits per heavy atom. The number of phenols is 1. The van der Waals surface area contributed by atoms with E-state index in [2.05, 4.69) is 61.5 Å². The summed E-state index contributed by atoms with van der Waals surface area (Å²) in [6.45, 7) is 9.01. The monoisotopic (exact) mass is 335 g/mol. The summed E-state index contributed by atoms with van der Waals surface area (Å²) >= 11 is 0. The fourth-order valence-corrected chi connectivity index (χ4v) is 2.67. The van der Waals surface area contributed by atoms with Crippen molar-refractivity contribution in [2.45, 2.75) is 39.8 Å². The molecule has 1 heterocycles. The number of nitrogens with zero attached hydrogens (tertiary/aromatic N) is 1. The Labute approximate surface area is 148 Å². The summed E-state index contributed by atoms with van der Waals surface area (Å²) in [6, 6.07) is 13.9. The number of fused-ring (bicyclic) bond motifs is 1. The third-order valence-electron chi connectivity index (χ3n) is 4.07. The topological polar surface area (TPSA) is 57.2 Å². The molecule has 4 heteroatoms. The lowest BCUT2D eigenvalue weighted by atomic mass is 10.1. The molecule has 3 N–H and O–H groups in total. The van der Waals surface area contributed by atoms with Crippen LogP contribution in [0.5, 0.6) is 5.75 Å². The van der Waals surface area contributed by atoms with Gasteiger partial charge in [-0.1, -0.05) is 18.2 Å². The minimum absolute atomic E-state index is 0.0114. The number of hydrogen-bond acceptors (Lipinski definition) is 4. The van der Waals surface area contributed by atoms with Crippen LogP contribution in [0.2, 0.25) is 0 Å². The SMILES string of the molecule is Cc1ccc2c(Nc3ccc(CNC(C)(C)C)c(O)c3)ccnc2c1. The number of aromatic nitrogens is 1. The number of benzene rings is 2. The number of rotatable bonds is 4. The number of nitrogens with one attached hydrogen (secondary N) is 2. The van der Waals surface area contributed by atoms with E-state index in [9.17, 15) is 5.11 Å². The number of phenolic OH excluding ortho intramolecular Hbond substituents is 1. The molecule has 0 atom stereocenters. The average Bonchev–Trinajstić information content (AvgIpc) is 2.53. The van der Waals surface area contributed by atoms with Gasteiger partial charge in [0.15, 0.2) is 0 Å². The summed E-state index contributed by atoms with van der Waals surface area (Å²) in [5.74, 6) is 0.288. The van der Waals surface area contributed by atoms with E-state index in [0.29, 0.717) is 6.54 Å². The van der Waals surface area contributed by atoms with Crippen molar-refractivity contribution >= 4 is 22.3 Å². The zero-order valence-corrected chi connectivity index (χ0v) is 15.2. The van der Waals surface area contributed by atoms with Crippen molar-refractivity contribution < 1.29 is 5.11 Å². The summed E-state index contributed by atoms with van der Waals surface area (Å²) in [5.41, 5.74) is 4.87. The normalized spacial score (nSPS) is 11.7. The molecule has 25 heavy (non-hydrogen) atoms. The lowest BCUT2D eigenvalue weighted by Gasteiger charge is -2.21. The van der Waals surface area contributed by atoms with Crippen LogP contribution in [0.3, 0.4) is 0 Å². The number of aromatic hydroxyl groups is 1. The van der Waals surface area contributed by atoms with E-state index in [-0.39, 0.29) is 11.3 Å². The van der Waals surface area contributed by atoms with Crippen molar-refractivity contribution in [1.82, 2.24) is 10.3 Å². The Kier molecular flexibility index (Phi) is 4.64. The quantitative estimate of drug-likeness (QED) is 0.636. The van der Waals surface area contributed by atoms with Gasteiger partial charge in [-0.15, -0.1) is 0 Å². The molecular formula is C21H25N3O. The van der Waals surface area contributed by atoms with E-state index >= 15 is 0 Å². The number of aryl methyl sites for hydroxylation is 1. The van der Waals surface area contributed by atoms with Crippen molar-refractivity contribution in [3.8, 4) is 5.75 Å². The second kappa shape index (κ2) is 6.73. The van der Waals surface area contributed by atoms with Crippen LogP contribution in [0.25, 0.3) is 10.9 Å². The van der Waals surface area contributed by atoms with Crippen LogP contribution in [0, 0.1) is 6.92 Å². The molecule has 4 nitrogen and oxygen atoms in total. The molecular weight excluding hydrogens is 310 g/mol. The zero-order valence-electron chi connectivity index (χ0n) is 15.2. The Balaban J connectivity index is 1.83. The largest absolute Gasteiger partial charge is 0.508 e. The Morgan fingerprint density at radius 3 is 2.56 bits per heavy atom. The van der Waals surface area contributed by atoms with Crippen molar-refractivity contribution in [3.63, 3.8) is 0 Å². The number of hydrogen-bond donors (Lipinski definition) is 3. The Morgan fingerprint density at radius 1 is 1.04 bits per heavy atom. The van der Waals surface area contributed by atoms with Gasteiger partial charge in [-0.2, -0.15) is 0 Å². The first-order valence-corrected chi connectivity index (χ1v) is 8.51.